The van der Waals surface area contributed by atoms with Crippen LogP contribution >= 0.6 is 11.6 Å². The molecule has 0 radical (unpaired) electrons. The minimum absolute atomic E-state index is 0.0127. The summed E-state index contributed by atoms with van der Waals surface area (Å²) < 4.78 is 39.9. The molecule has 7 nitrogen and oxygen atoms in total. The van der Waals surface area contributed by atoms with Gasteiger partial charge in [0.05, 0.1) is 11.9 Å². The quantitative estimate of drug-likeness (QED) is 0.398. The van der Waals surface area contributed by atoms with Crippen LogP contribution in [0.1, 0.15) is 52.0 Å². The third kappa shape index (κ3) is 8.48. The van der Waals surface area contributed by atoms with E-state index in [1.165, 1.54) is 23.1 Å². The van der Waals surface area contributed by atoms with Crippen molar-refractivity contribution in [3.8, 4) is 0 Å². The normalized spacial score (nSPS) is 13.1. The Morgan fingerprint density at radius 3 is 2.25 bits per heavy atom. The second kappa shape index (κ2) is 13.6. The molecule has 0 aliphatic carbocycles. The minimum Gasteiger partial charge on any atom is -0.352 e. The maximum absolute atomic E-state index is 14.3. The summed E-state index contributed by atoms with van der Waals surface area (Å²) in [6, 6.07) is 11.9. The highest BCUT2D eigenvalue weighted by atomic mass is 35.5. The van der Waals surface area contributed by atoms with E-state index in [-0.39, 0.29) is 49.5 Å². The minimum atomic E-state index is -3.77. The number of hydrogen-bond acceptors (Lipinski definition) is 4. The monoisotopic (exact) mass is 539 g/mol. The van der Waals surface area contributed by atoms with Crippen LogP contribution in [0.5, 0.6) is 0 Å². The van der Waals surface area contributed by atoms with Gasteiger partial charge in [-0.25, -0.2) is 12.8 Å². The van der Waals surface area contributed by atoms with E-state index in [0.717, 1.165) is 22.5 Å². The largest absolute Gasteiger partial charge is 0.352 e. The zero-order chi connectivity index (χ0) is 26.9. The molecule has 0 aliphatic heterocycles. The number of halogens is 2. The Bertz CT molecular complexity index is 1130. The van der Waals surface area contributed by atoms with Crippen LogP contribution in [-0.4, -0.2) is 50.0 Å². The van der Waals surface area contributed by atoms with Gasteiger partial charge in [0.2, 0.25) is 21.8 Å². The van der Waals surface area contributed by atoms with Crippen LogP contribution in [0, 0.1) is 5.82 Å². The van der Waals surface area contributed by atoms with Gasteiger partial charge in [-0.3, -0.25) is 13.9 Å². The molecule has 0 aromatic heterocycles. The fourth-order valence-corrected chi connectivity index (χ4v) is 4.88. The zero-order valence-corrected chi connectivity index (χ0v) is 22.8. The van der Waals surface area contributed by atoms with Crippen molar-refractivity contribution in [1.82, 2.24) is 10.2 Å². The Hall–Kier alpha value is -2.65. The first-order valence-corrected chi connectivity index (χ1v) is 14.3. The number of carbonyl (C=O) groups is 2. The van der Waals surface area contributed by atoms with Crippen LogP contribution in [0.25, 0.3) is 0 Å². The van der Waals surface area contributed by atoms with Crippen LogP contribution in [0.2, 0.25) is 5.02 Å². The maximum atomic E-state index is 14.3. The Kier molecular flexibility index (Phi) is 11.2. The summed E-state index contributed by atoms with van der Waals surface area (Å²) in [7, 11) is -3.77. The maximum Gasteiger partial charge on any atom is 0.243 e. The van der Waals surface area contributed by atoms with Crippen LogP contribution in [0.15, 0.2) is 48.5 Å². The number of nitrogens with zero attached hydrogens (tertiary/aromatic N) is 2. The van der Waals surface area contributed by atoms with Crippen LogP contribution in [0.3, 0.4) is 0 Å². The molecular formula is C26H35ClFN3O4S. The first-order valence-electron chi connectivity index (χ1n) is 12.0. The summed E-state index contributed by atoms with van der Waals surface area (Å²) in [4.78, 5) is 27.9. The average Bonchev–Trinajstić information content (AvgIpc) is 2.82. The Labute approximate surface area is 218 Å². The van der Waals surface area contributed by atoms with Gasteiger partial charge in [-0.2, -0.15) is 0 Å². The lowest BCUT2D eigenvalue weighted by Gasteiger charge is -2.32. The van der Waals surface area contributed by atoms with E-state index in [2.05, 4.69) is 5.32 Å². The number of nitrogens with one attached hydrogen (secondary N) is 1. The fourth-order valence-electron chi connectivity index (χ4n) is 3.78. The van der Waals surface area contributed by atoms with E-state index in [1.807, 2.05) is 20.8 Å². The molecule has 0 fully saturated rings. The molecule has 2 atom stereocenters. The molecule has 1 N–H and O–H groups in total. The van der Waals surface area contributed by atoms with Crippen molar-refractivity contribution in [3.63, 3.8) is 0 Å². The van der Waals surface area contributed by atoms with Gasteiger partial charge in [-0.15, -0.1) is 0 Å². The second-order valence-corrected chi connectivity index (χ2v) is 11.1. The molecule has 10 heteroatoms. The van der Waals surface area contributed by atoms with E-state index in [4.69, 9.17) is 11.6 Å². The van der Waals surface area contributed by atoms with Gasteiger partial charge in [-0.05, 0) is 56.0 Å². The fraction of sp³-hybridized carbons (Fsp3) is 0.462. The van der Waals surface area contributed by atoms with E-state index in [9.17, 15) is 22.4 Å². The molecule has 0 unspecified atom stereocenters. The lowest BCUT2D eigenvalue weighted by molar-refractivity contribution is -0.141. The van der Waals surface area contributed by atoms with Crippen molar-refractivity contribution in [3.05, 3.63) is 64.9 Å². The number of hydrogen-bond donors (Lipinski definition) is 1. The van der Waals surface area contributed by atoms with E-state index in [0.29, 0.717) is 11.4 Å². The van der Waals surface area contributed by atoms with Crippen LogP contribution in [0.4, 0.5) is 10.1 Å². The molecule has 2 rings (SSSR count). The van der Waals surface area contributed by atoms with Gasteiger partial charge < -0.3 is 10.2 Å². The third-order valence-electron chi connectivity index (χ3n) is 5.93. The molecule has 2 aromatic carbocycles. The lowest BCUT2D eigenvalue weighted by atomic mass is 10.1. The molecule has 198 valence electrons. The Morgan fingerprint density at radius 1 is 1.06 bits per heavy atom. The van der Waals surface area contributed by atoms with Crippen molar-refractivity contribution >= 4 is 39.1 Å². The van der Waals surface area contributed by atoms with Gasteiger partial charge >= 0.3 is 0 Å². The second-order valence-electron chi connectivity index (χ2n) is 8.78. The van der Waals surface area contributed by atoms with Gasteiger partial charge in [0.15, 0.2) is 0 Å². The predicted octanol–water partition coefficient (Wildman–Crippen LogP) is 4.75. The van der Waals surface area contributed by atoms with E-state index < -0.39 is 21.9 Å². The first kappa shape index (κ1) is 29.6. The Morgan fingerprint density at radius 2 is 1.69 bits per heavy atom. The Balaban J connectivity index is 2.23. The number of sulfonamides is 1. The zero-order valence-electron chi connectivity index (χ0n) is 21.2. The van der Waals surface area contributed by atoms with Crippen molar-refractivity contribution in [2.75, 3.05) is 17.1 Å². The SMILES string of the molecule is CC[C@H](C)NC(=O)[C@H](CC)N(Cc1ccc(Cl)cc1)C(=O)CCCN(c1ccccc1F)S(C)(=O)=O. The molecule has 0 saturated heterocycles. The number of carbonyl (C=O) groups excluding carboxylic acids is 2. The molecule has 0 bridgehead atoms. The summed E-state index contributed by atoms with van der Waals surface area (Å²) >= 11 is 6.00. The summed E-state index contributed by atoms with van der Waals surface area (Å²) in [5, 5.41) is 3.51. The molecule has 2 amide bonds. The highest BCUT2D eigenvalue weighted by Crippen LogP contribution is 2.23. The highest BCUT2D eigenvalue weighted by molar-refractivity contribution is 7.92. The highest BCUT2D eigenvalue weighted by Gasteiger charge is 2.29. The first-order chi connectivity index (χ1) is 17.0. The molecule has 2 aromatic rings. The standard InChI is InChI=1S/C26H35ClFN3O4S/c1-5-19(3)29-26(33)23(6-2)30(18-20-13-15-21(27)16-14-20)25(32)12-9-17-31(36(4,34)35)24-11-8-7-10-22(24)28/h7-8,10-11,13-16,19,23H,5-6,9,12,17-18H2,1-4H3,(H,29,33)/t19-,23-/m0/s1. The van der Waals surface area contributed by atoms with E-state index in [1.54, 1.807) is 30.3 Å². The number of amides is 2. The summed E-state index contributed by atoms with van der Waals surface area (Å²) in [5.74, 6) is -1.19. The smallest absolute Gasteiger partial charge is 0.243 e. The molecule has 0 heterocycles. The van der Waals surface area contributed by atoms with Gasteiger partial charge in [0, 0.05) is 30.6 Å². The van der Waals surface area contributed by atoms with Gasteiger partial charge in [0.1, 0.15) is 11.9 Å². The molecule has 0 saturated carbocycles. The van der Waals surface area contributed by atoms with Crippen molar-refractivity contribution < 1.29 is 22.4 Å². The average molecular weight is 540 g/mol. The van der Waals surface area contributed by atoms with E-state index >= 15 is 0 Å². The third-order valence-corrected chi connectivity index (χ3v) is 7.36. The van der Waals surface area contributed by atoms with Gasteiger partial charge in [-0.1, -0.05) is 49.7 Å². The van der Waals surface area contributed by atoms with Crippen molar-refractivity contribution in [1.29, 1.82) is 0 Å². The summed E-state index contributed by atoms with van der Waals surface area (Å²) in [6.07, 6.45) is 2.30. The van der Waals surface area contributed by atoms with Crippen LogP contribution in [-0.2, 0) is 26.2 Å². The predicted molar refractivity (Wildman–Crippen MR) is 142 cm³/mol. The molecular weight excluding hydrogens is 505 g/mol. The number of rotatable bonds is 13. The number of para-hydroxylation sites is 1. The number of benzene rings is 2. The lowest BCUT2D eigenvalue weighted by Crippen LogP contribution is -2.50. The number of anilines is 1. The molecule has 0 aliphatic rings. The topological polar surface area (TPSA) is 86.8 Å². The van der Waals surface area contributed by atoms with Crippen molar-refractivity contribution in [2.24, 2.45) is 0 Å². The van der Waals surface area contributed by atoms with Crippen molar-refractivity contribution in [2.45, 2.75) is 65.1 Å². The molecule has 36 heavy (non-hydrogen) atoms. The summed E-state index contributed by atoms with van der Waals surface area (Å²) in [5.41, 5.74) is 0.747. The van der Waals surface area contributed by atoms with Gasteiger partial charge in [0.25, 0.3) is 0 Å². The molecule has 0 spiro atoms. The summed E-state index contributed by atoms with van der Waals surface area (Å²) in [6.45, 7) is 5.83. The van der Waals surface area contributed by atoms with Crippen LogP contribution < -0.4 is 9.62 Å².